The van der Waals surface area contributed by atoms with Crippen molar-refractivity contribution in [2.45, 2.75) is 18.8 Å². The first kappa shape index (κ1) is 10.8. The first-order valence-corrected chi connectivity index (χ1v) is 5.10. The number of aromatic nitrogens is 1. The minimum atomic E-state index is -0.643. The fourth-order valence-electron chi connectivity index (χ4n) is 1.82. The zero-order valence-corrected chi connectivity index (χ0v) is 8.63. The van der Waals surface area contributed by atoms with E-state index in [9.17, 15) is 15.2 Å². The molecule has 0 amide bonds. The van der Waals surface area contributed by atoms with Crippen molar-refractivity contribution in [1.29, 1.82) is 0 Å². The first-order valence-electron chi connectivity index (χ1n) is 5.10. The Hall–Kier alpha value is -1.69. The molecule has 86 valence electrons. The van der Waals surface area contributed by atoms with Gasteiger partial charge in [-0.3, -0.25) is 10.1 Å². The molecule has 0 bridgehead atoms. The molecule has 0 radical (unpaired) electrons. The molecule has 0 aromatic carbocycles. The maximum atomic E-state index is 10.5. The monoisotopic (exact) mass is 224 g/mol. The van der Waals surface area contributed by atoms with Crippen molar-refractivity contribution in [3.05, 3.63) is 27.9 Å². The Labute approximate surface area is 92.0 Å². The summed E-state index contributed by atoms with van der Waals surface area (Å²) in [6, 6.07) is 2.90. The van der Waals surface area contributed by atoms with Crippen LogP contribution in [0.3, 0.4) is 0 Å². The van der Waals surface area contributed by atoms with Crippen molar-refractivity contribution in [2.24, 2.45) is 0 Å². The predicted octanol–water partition coefficient (Wildman–Crippen LogP) is 1.59. The lowest BCUT2D eigenvalue weighted by Gasteiger charge is -2.21. The summed E-state index contributed by atoms with van der Waals surface area (Å²) in [4.78, 5) is 13.7. The number of rotatable bonds is 2. The SMILES string of the molecule is O=[N+]([O-])c1ccc(C2CCOCC2)nc1O. The van der Waals surface area contributed by atoms with Crippen molar-refractivity contribution in [1.82, 2.24) is 4.98 Å². The Bertz CT molecular complexity index is 402. The summed E-state index contributed by atoms with van der Waals surface area (Å²) >= 11 is 0. The molecule has 0 unspecified atom stereocenters. The van der Waals surface area contributed by atoms with Crippen molar-refractivity contribution in [3.63, 3.8) is 0 Å². The van der Waals surface area contributed by atoms with Crippen LogP contribution in [0.25, 0.3) is 0 Å². The maximum absolute atomic E-state index is 10.5. The van der Waals surface area contributed by atoms with Crippen molar-refractivity contribution < 1.29 is 14.8 Å². The number of nitro groups is 1. The average Bonchev–Trinajstić information content (AvgIpc) is 2.29. The smallest absolute Gasteiger partial charge is 0.330 e. The standard InChI is InChI=1S/C10H12N2O4/c13-10-9(12(14)15)2-1-8(11-10)7-3-5-16-6-4-7/h1-2,7H,3-6H2,(H,11,13). The lowest BCUT2D eigenvalue weighted by atomic mass is 9.96. The van der Waals surface area contributed by atoms with E-state index in [0.29, 0.717) is 18.9 Å². The molecule has 6 nitrogen and oxygen atoms in total. The Balaban J connectivity index is 2.23. The van der Waals surface area contributed by atoms with Gasteiger partial charge in [-0.2, -0.15) is 0 Å². The van der Waals surface area contributed by atoms with Gasteiger partial charge in [0.1, 0.15) is 0 Å². The number of pyridine rings is 1. The molecule has 1 N–H and O–H groups in total. The zero-order chi connectivity index (χ0) is 11.5. The van der Waals surface area contributed by atoms with Gasteiger partial charge >= 0.3 is 5.69 Å². The summed E-state index contributed by atoms with van der Waals surface area (Å²) < 4.78 is 5.21. The van der Waals surface area contributed by atoms with Crippen molar-refractivity contribution in [2.75, 3.05) is 13.2 Å². The van der Waals surface area contributed by atoms with Crippen LogP contribution in [0.5, 0.6) is 5.88 Å². The van der Waals surface area contributed by atoms with E-state index in [1.165, 1.54) is 6.07 Å². The number of aromatic hydroxyl groups is 1. The molecular weight excluding hydrogens is 212 g/mol. The highest BCUT2D eigenvalue weighted by atomic mass is 16.6. The van der Waals surface area contributed by atoms with E-state index in [1.807, 2.05) is 0 Å². The number of hydrogen-bond acceptors (Lipinski definition) is 5. The lowest BCUT2D eigenvalue weighted by molar-refractivity contribution is -0.386. The highest BCUT2D eigenvalue weighted by molar-refractivity contribution is 5.40. The Morgan fingerprint density at radius 1 is 1.44 bits per heavy atom. The molecule has 6 heteroatoms. The van der Waals surface area contributed by atoms with Gasteiger partial charge in [0, 0.05) is 30.9 Å². The zero-order valence-electron chi connectivity index (χ0n) is 8.63. The van der Waals surface area contributed by atoms with Gasteiger partial charge in [0.2, 0.25) is 0 Å². The second kappa shape index (κ2) is 4.44. The van der Waals surface area contributed by atoms with Crippen LogP contribution < -0.4 is 0 Å². The minimum absolute atomic E-state index is 0.223. The highest BCUT2D eigenvalue weighted by Gasteiger charge is 2.21. The van der Waals surface area contributed by atoms with E-state index in [2.05, 4.69) is 4.98 Å². The Morgan fingerprint density at radius 2 is 2.12 bits per heavy atom. The van der Waals surface area contributed by atoms with E-state index < -0.39 is 10.8 Å². The van der Waals surface area contributed by atoms with Crippen molar-refractivity contribution in [3.8, 4) is 5.88 Å². The molecule has 2 heterocycles. The fraction of sp³-hybridized carbons (Fsp3) is 0.500. The molecule has 0 atom stereocenters. The van der Waals surface area contributed by atoms with Gasteiger partial charge < -0.3 is 9.84 Å². The molecular formula is C10H12N2O4. The van der Waals surface area contributed by atoms with Gasteiger partial charge in [0.25, 0.3) is 5.88 Å². The van der Waals surface area contributed by atoms with Crippen LogP contribution >= 0.6 is 0 Å². The topological polar surface area (TPSA) is 85.5 Å². The molecule has 1 aliphatic rings. The largest absolute Gasteiger partial charge is 0.488 e. The number of nitrogens with zero attached hydrogens (tertiary/aromatic N) is 2. The molecule has 16 heavy (non-hydrogen) atoms. The second-order valence-corrected chi connectivity index (χ2v) is 3.72. The quantitative estimate of drug-likeness (QED) is 0.609. The summed E-state index contributed by atoms with van der Waals surface area (Å²) in [6.45, 7) is 1.34. The number of ether oxygens (including phenoxy) is 1. The minimum Gasteiger partial charge on any atom is -0.488 e. The van der Waals surface area contributed by atoms with Crippen LogP contribution in [0, 0.1) is 10.1 Å². The van der Waals surface area contributed by atoms with Crippen molar-refractivity contribution >= 4 is 5.69 Å². The van der Waals surface area contributed by atoms with Gasteiger partial charge in [-0.05, 0) is 18.9 Å². The van der Waals surface area contributed by atoms with E-state index in [4.69, 9.17) is 4.74 Å². The van der Waals surface area contributed by atoms with Gasteiger partial charge in [-0.25, -0.2) is 4.98 Å². The summed E-state index contributed by atoms with van der Waals surface area (Å²) in [5.74, 6) is -0.283. The highest BCUT2D eigenvalue weighted by Crippen LogP contribution is 2.30. The Kier molecular flexibility index (Phi) is 3.00. The summed E-state index contributed by atoms with van der Waals surface area (Å²) in [5, 5.41) is 19.9. The third kappa shape index (κ3) is 2.11. The molecule has 1 saturated heterocycles. The van der Waals surface area contributed by atoms with Crippen LogP contribution in [0.2, 0.25) is 0 Å². The lowest BCUT2D eigenvalue weighted by Crippen LogP contribution is -2.15. The van der Waals surface area contributed by atoms with Gasteiger partial charge in [-0.1, -0.05) is 0 Å². The third-order valence-corrected chi connectivity index (χ3v) is 2.71. The van der Waals surface area contributed by atoms with Crippen LogP contribution in [0.1, 0.15) is 24.5 Å². The van der Waals surface area contributed by atoms with E-state index >= 15 is 0 Å². The fourth-order valence-corrected chi connectivity index (χ4v) is 1.82. The predicted molar refractivity (Wildman–Crippen MR) is 55.4 cm³/mol. The summed E-state index contributed by atoms with van der Waals surface area (Å²) in [7, 11) is 0. The van der Waals surface area contributed by atoms with Crippen LogP contribution in [0.4, 0.5) is 5.69 Å². The molecule has 0 saturated carbocycles. The van der Waals surface area contributed by atoms with Gasteiger partial charge in [0.15, 0.2) is 0 Å². The molecule has 0 spiro atoms. The van der Waals surface area contributed by atoms with Crippen LogP contribution in [-0.2, 0) is 4.74 Å². The molecule has 0 aliphatic carbocycles. The average molecular weight is 224 g/mol. The second-order valence-electron chi connectivity index (χ2n) is 3.72. The third-order valence-electron chi connectivity index (χ3n) is 2.71. The van der Waals surface area contributed by atoms with Crippen LogP contribution in [0.15, 0.2) is 12.1 Å². The van der Waals surface area contributed by atoms with E-state index in [1.54, 1.807) is 6.07 Å². The Morgan fingerprint density at radius 3 is 2.69 bits per heavy atom. The van der Waals surface area contributed by atoms with E-state index in [0.717, 1.165) is 12.8 Å². The molecule has 1 aliphatic heterocycles. The maximum Gasteiger partial charge on any atom is 0.330 e. The normalized spacial score (nSPS) is 17.2. The molecule has 1 aromatic rings. The van der Waals surface area contributed by atoms with Crippen LogP contribution in [-0.4, -0.2) is 28.2 Å². The molecule has 1 aromatic heterocycles. The number of hydrogen-bond donors (Lipinski definition) is 1. The molecule has 2 rings (SSSR count). The van der Waals surface area contributed by atoms with E-state index in [-0.39, 0.29) is 11.6 Å². The summed E-state index contributed by atoms with van der Waals surface area (Å²) in [6.07, 6.45) is 1.68. The van der Waals surface area contributed by atoms with Gasteiger partial charge in [0.05, 0.1) is 4.92 Å². The van der Waals surface area contributed by atoms with Gasteiger partial charge in [-0.15, -0.1) is 0 Å². The first-order chi connectivity index (χ1) is 7.68. The summed E-state index contributed by atoms with van der Waals surface area (Å²) in [5.41, 5.74) is 0.349. The molecule has 1 fully saturated rings.